The Morgan fingerprint density at radius 3 is 2.94 bits per heavy atom. The summed E-state index contributed by atoms with van der Waals surface area (Å²) in [6.45, 7) is 4.16. The number of nitrogens with zero attached hydrogens (tertiary/aromatic N) is 3. The van der Waals surface area contributed by atoms with Gasteiger partial charge in [0.2, 0.25) is 0 Å². The first-order valence-electron chi connectivity index (χ1n) is 10.4. The third-order valence-electron chi connectivity index (χ3n) is 5.82. The number of anilines is 2. The zero-order chi connectivity index (χ0) is 21.4. The predicted octanol–water partition coefficient (Wildman–Crippen LogP) is 4.63. The van der Waals surface area contributed by atoms with Gasteiger partial charge >= 0.3 is 0 Å². The maximum atomic E-state index is 14.5. The lowest BCUT2D eigenvalue weighted by molar-refractivity contribution is 0.419. The molecule has 2 N–H and O–H groups in total. The summed E-state index contributed by atoms with van der Waals surface area (Å²) in [6, 6.07) is 13.4. The van der Waals surface area contributed by atoms with Crippen LogP contribution in [-0.4, -0.2) is 34.7 Å². The number of aryl methyl sites for hydroxylation is 1. The molecule has 0 aliphatic carbocycles. The number of halogens is 1. The maximum absolute atomic E-state index is 14.5. The van der Waals surface area contributed by atoms with Crippen LogP contribution >= 0.6 is 0 Å². The quantitative estimate of drug-likeness (QED) is 0.479. The molecule has 3 heterocycles. The van der Waals surface area contributed by atoms with Crippen LogP contribution in [0.4, 0.5) is 15.9 Å². The highest BCUT2D eigenvalue weighted by molar-refractivity contribution is 5.88. The molecule has 0 radical (unpaired) electrons. The standard InChI is InChI=1S/C24H24FN5O/c1-15-11-18-22(31-2)6-4-19(25)24(18)30(15)10-9-27-23-13-21(28-14-29-23)16-3-5-20-17(12-16)7-8-26-20/h3-6,11-14,26H,7-10H2,1-2H3,(H,27,28,29). The van der Waals surface area contributed by atoms with Crippen molar-refractivity contribution in [3.05, 3.63) is 65.9 Å². The molecule has 2 aromatic carbocycles. The zero-order valence-corrected chi connectivity index (χ0v) is 17.6. The number of fused-ring (bicyclic) bond motifs is 2. The van der Waals surface area contributed by atoms with Gasteiger partial charge < -0.3 is 19.9 Å². The Balaban J connectivity index is 1.34. The van der Waals surface area contributed by atoms with Crippen molar-refractivity contribution in [3.63, 3.8) is 0 Å². The fraction of sp³-hybridized carbons (Fsp3) is 0.250. The van der Waals surface area contributed by atoms with Gasteiger partial charge in [-0.2, -0.15) is 0 Å². The highest BCUT2D eigenvalue weighted by Gasteiger charge is 2.15. The van der Waals surface area contributed by atoms with Crippen LogP contribution in [0.25, 0.3) is 22.2 Å². The zero-order valence-electron chi connectivity index (χ0n) is 17.6. The maximum Gasteiger partial charge on any atom is 0.147 e. The minimum Gasteiger partial charge on any atom is -0.496 e. The van der Waals surface area contributed by atoms with Crippen LogP contribution in [0.15, 0.2) is 48.8 Å². The second-order valence-corrected chi connectivity index (χ2v) is 7.71. The Morgan fingerprint density at radius 2 is 2.06 bits per heavy atom. The Labute approximate surface area is 180 Å². The van der Waals surface area contributed by atoms with Crippen LogP contribution in [0.2, 0.25) is 0 Å². The number of rotatable bonds is 6. The lowest BCUT2D eigenvalue weighted by Crippen LogP contribution is -2.13. The average molecular weight is 417 g/mol. The van der Waals surface area contributed by atoms with E-state index in [1.807, 2.05) is 23.6 Å². The van der Waals surface area contributed by atoms with E-state index < -0.39 is 0 Å². The molecule has 0 bridgehead atoms. The summed E-state index contributed by atoms with van der Waals surface area (Å²) in [6.07, 6.45) is 2.61. The second-order valence-electron chi connectivity index (χ2n) is 7.71. The second kappa shape index (κ2) is 7.91. The van der Waals surface area contributed by atoms with Gasteiger partial charge in [-0.25, -0.2) is 14.4 Å². The lowest BCUT2D eigenvalue weighted by atomic mass is 10.1. The van der Waals surface area contributed by atoms with E-state index in [4.69, 9.17) is 4.74 Å². The van der Waals surface area contributed by atoms with Crippen molar-refractivity contribution in [2.75, 3.05) is 30.8 Å². The number of hydrogen-bond acceptors (Lipinski definition) is 5. The number of methoxy groups -OCH3 is 1. The number of nitrogens with one attached hydrogen (secondary N) is 2. The van der Waals surface area contributed by atoms with Crippen molar-refractivity contribution < 1.29 is 9.13 Å². The molecule has 6 nitrogen and oxygen atoms in total. The molecule has 0 unspecified atom stereocenters. The van der Waals surface area contributed by atoms with Gasteiger partial charge in [0.25, 0.3) is 0 Å². The van der Waals surface area contributed by atoms with Crippen molar-refractivity contribution in [2.45, 2.75) is 19.9 Å². The van der Waals surface area contributed by atoms with Gasteiger partial charge in [-0.05, 0) is 49.2 Å². The summed E-state index contributed by atoms with van der Waals surface area (Å²) in [5.41, 5.74) is 6.02. The molecule has 0 amide bonds. The first-order valence-corrected chi connectivity index (χ1v) is 10.4. The number of aromatic nitrogens is 3. The van der Waals surface area contributed by atoms with E-state index in [2.05, 4.69) is 38.8 Å². The average Bonchev–Trinajstić information content (AvgIpc) is 3.38. The molecule has 0 atom stereocenters. The molecule has 0 saturated heterocycles. The first-order chi connectivity index (χ1) is 15.1. The normalized spacial score (nSPS) is 12.6. The Bertz CT molecular complexity index is 1270. The van der Waals surface area contributed by atoms with E-state index >= 15 is 0 Å². The number of ether oxygens (including phenoxy) is 1. The van der Waals surface area contributed by atoms with E-state index in [0.29, 0.717) is 24.4 Å². The molecule has 2 aromatic heterocycles. The van der Waals surface area contributed by atoms with Crippen molar-refractivity contribution in [2.24, 2.45) is 0 Å². The molecule has 5 rings (SSSR count). The molecule has 158 valence electrons. The van der Waals surface area contributed by atoms with Crippen LogP contribution in [-0.2, 0) is 13.0 Å². The molecule has 1 aliphatic heterocycles. The van der Waals surface area contributed by atoms with E-state index in [1.165, 1.54) is 17.3 Å². The van der Waals surface area contributed by atoms with Gasteiger partial charge in [0.15, 0.2) is 0 Å². The highest BCUT2D eigenvalue weighted by atomic mass is 19.1. The summed E-state index contributed by atoms with van der Waals surface area (Å²) in [4.78, 5) is 8.79. The summed E-state index contributed by atoms with van der Waals surface area (Å²) >= 11 is 0. The summed E-state index contributed by atoms with van der Waals surface area (Å²) in [7, 11) is 1.60. The van der Waals surface area contributed by atoms with E-state index in [0.717, 1.165) is 41.1 Å². The summed E-state index contributed by atoms with van der Waals surface area (Å²) < 4.78 is 21.9. The molecule has 0 fully saturated rings. The van der Waals surface area contributed by atoms with E-state index in [1.54, 1.807) is 19.5 Å². The molecular weight excluding hydrogens is 393 g/mol. The third kappa shape index (κ3) is 3.56. The van der Waals surface area contributed by atoms with Crippen LogP contribution < -0.4 is 15.4 Å². The van der Waals surface area contributed by atoms with Crippen molar-refractivity contribution in [3.8, 4) is 17.0 Å². The molecule has 4 aromatic rings. The van der Waals surface area contributed by atoms with Crippen LogP contribution in [0.5, 0.6) is 5.75 Å². The SMILES string of the molecule is COc1ccc(F)c2c1cc(C)n2CCNc1cc(-c2ccc3c(c2)CCN3)ncn1. The van der Waals surface area contributed by atoms with Gasteiger partial charge in [0.05, 0.1) is 18.3 Å². The molecule has 1 aliphatic rings. The largest absolute Gasteiger partial charge is 0.496 e. The van der Waals surface area contributed by atoms with Crippen LogP contribution in [0.3, 0.4) is 0 Å². The van der Waals surface area contributed by atoms with Gasteiger partial charge in [0, 0.05) is 48.0 Å². The smallest absolute Gasteiger partial charge is 0.147 e. The van der Waals surface area contributed by atoms with Crippen molar-refractivity contribution >= 4 is 22.4 Å². The first kappa shape index (κ1) is 19.4. The topological polar surface area (TPSA) is 64.0 Å². The summed E-state index contributed by atoms with van der Waals surface area (Å²) in [5, 5.41) is 7.51. The van der Waals surface area contributed by atoms with Crippen LogP contribution in [0.1, 0.15) is 11.3 Å². The molecular formula is C24H24FN5O. The fourth-order valence-electron chi connectivity index (χ4n) is 4.28. The highest BCUT2D eigenvalue weighted by Crippen LogP contribution is 2.31. The predicted molar refractivity (Wildman–Crippen MR) is 121 cm³/mol. The van der Waals surface area contributed by atoms with Crippen molar-refractivity contribution in [1.82, 2.24) is 14.5 Å². The Hall–Kier alpha value is -3.61. The Morgan fingerprint density at radius 1 is 1.16 bits per heavy atom. The van der Waals surface area contributed by atoms with Gasteiger partial charge in [-0.15, -0.1) is 0 Å². The van der Waals surface area contributed by atoms with Crippen molar-refractivity contribution in [1.29, 1.82) is 0 Å². The van der Waals surface area contributed by atoms with Gasteiger partial charge in [-0.3, -0.25) is 0 Å². The minimum atomic E-state index is -0.251. The van der Waals surface area contributed by atoms with Crippen LogP contribution in [0, 0.1) is 12.7 Å². The fourth-order valence-corrected chi connectivity index (χ4v) is 4.28. The van der Waals surface area contributed by atoms with Gasteiger partial charge in [-0.1, -0.05) is 6.07 Å². The number of benzene rings is 2. The van der Waals surface area contributed by atoms with Gasteiger partial charge in [0.1, 0.15) is 23.7 Å². The summed E-state index contributed by atoms with van der Waals surface area (Å²) in [5.74, 6) is 1.17. The van der Waals surface area contributed by atoms with E-state index in [9.17, 15) is 4.39 Å². The number of hydrogen-bond donors (Lipinski definition) is 2. The molecule has 7 heteroatoms. The lowest BCUT2D eigenvalue weighted by Gasteiger charge is -2.12. The molecule has 31 heavy (non-hydrogen) atoms. The minimum absolute atomic E-state index is 0.251. The third-order valence-corrected chi connectivity index (χ3v) is 5.82. The molecule has 0 saturated carbocycles. The molecule has 0 spiro atoms. The monoisotopic (exact) mass is 417 g/mol. The Kier molecular flexibility index (Phi) is 4.94. The van der Waals surface area contributed by atoms with E-state index in [-0.39, 0.29) is 5.82 Å².